The average molecular weight is 169 g/mol. The van der Waals surface area contributed by atoms with E-state index in [4.69, 9.17) is 15.3 Å². The maximum atomic E-state index is 10.9. The van der Waals surface area contributed by atoms with Crippen molar-refractivity contribution in [2.75, 3.05) is 6.54 Å². The van der Waals surface area contributed by atoms with Crippen LogP contribution in [0.25, 0.3) is 0 Å². The zero-order valence-electron chi connectivity index (χ0n) is 6.78. The third kappa shape index (κ3) is 1.65. The van der Waals surface area contributed by atoms with Gasteiger partial charge in [0, 0.05) is 18.5 Å². The van der Waals surface area contributed by atoms with Gasteiger partial charge in [0.2, 0.25) is 5.43 Å². The summed E-state index contributed by atoms with van der Waals surface area (Å²) in [4.78, 5) is 10.9. The highest BCUT2D eigenvalue weighted by Crippen LogP contribution is 2.13. The zero-order valence-corrected chi connectivity index (χ0v) is 6.78. The molecule has 0 fully saturated rings. The van der Waals surface area contributed by atoms with Crippen LogP contribution < -0.4 is 11.2 Å². The van der Waals surface area contributed by atoms with Crippen molar-refractivity contribution < 1.29 is 9.52 Å². The lowest BCUT2D eigenvalue weighted by atomic mass is 10.1. The van der Waals surface area contributed by atoms with Crippen molar-refractivity contribution in [2.24, 2.45) is 5.73 Å². The van der Waals surface area contributed by atoms with E-state index in [0.717, 1.165) is 6.26 Å². The second-order valence-corrected chi connectivity index (χ2v) is 2.67. The molecule has 0 spiro atoms. The van der Waals surface area contributed by atoms with Gasteiger partial charge >= 0.3 is 0 Å². The average Bonchev–Trinajstić information content (AvgIpc) is 2.08. The highest BCUT2D eigenvalue weighted by atomic mass is 16.4. The summed E-state index contributed by atoms with van der Waals surface area (Å²) in [7, 11) is 0. The predicted molar refractivity (Wildman–Crippen MR) is 44.1 cm³/mol. The Kier molecular flexibility index (Phi) is 2.50. The molecule has 4 heteroatoms. The van der Waals surface area contributed by atoms with E-state index in [-0.39, 0.29) is 11.7 Å². The molecule has 1 atom stereocenters. The van der Waals surface area contributed by atoms with Gasteiger partial charge < -0.3 is 15.3 Å². The van der Waals surface area contributed by atoms with E-state index in [2.05, 4.69) is 0 Å². The van der Waals surface area contributed by atoms with Crippen LogP contribution in [0.1, 0.15) is 18.6 Å². The van der Waals surface area contributed by atoms with Crippen LogP contribution in [0.5, 0.6) is 5.75 Å². The van der Waals surface area contributed by atoms with E-state index in [0.29, 0.717) is 12.3 Å². The van der Waals surface area contributed by atoms with Crippen LogP contribution in [-0.4, -0.2) is 11.7 Å². The highest BCUT2D eigenvalue weighted by Gasteiger charge is 2.07. The molecule has 66 valence electrons. The van der Waals surface area contributed by atoms with E-state index in [1.807, 2.05) is 6.92 Å². The van der Waals surface area contributed by atoms with Gasteiger partial charge in [-0.25, -0.2) is 0 Å². The first kappa shape index (κ1) is 8.80. The Hall–Kier alpha value is -1.29. The molecule has 12 heavy (non-hydrogen) atoms. The minimum atomic E-state index is -0.434. The van der Waals surface area contributed by atoms with Crippen molar-refractivity contribution in [1.29, 1.82) is 0 Å². The Bertz CT molecular complexity index is 318. The molecule has 1 heterocycles. The van der Waals surface area contributed by atoms with E-state index in [9.17, 15) is 4.79 Å². The quantitative estimate of drug-likeness (QED) is 0.672. The van der Waals surface area contributed by atoms with Gasteiger partial charge in [-0.05, 0) is 0 Å². The molecule has 0 aliphatic heterocycles. The van der Waals surface area contributed by atoms with Crippen LogP contribution in [0.2, 0.25) is 0 Å². The Morgan fingerprint density at radius 1 is 1.75 bits per heavy atom. The van der Waals surface area contributed by atoms with Crippen LogP contribution in [-0.2, 0) is 0 Å². The lowest BCUT2D eigenvalue weighted by Crippen LogP contribution is -2.11. The van der Waals surface area contributed by atoms with Crippen molar-refractivity contribution in [2.45, 2.75) is 12.8 Å². The first-order valence-electron chi connectivity index (χ1n) is 3.67. The van der Waals surface area contributed by atoms with Crippen LogP contribution in [0, 0.1) is 0 Å². The standard InChI is InChI=1S/C8H11NO3/c1-5(3-9)8-2-6(10)7(11)4-12-8/h2,4-5,11H,3,9H2,1H3. The van der Waals surface area contributed by atoms with Crippen LogP contribution in [0.4, 0.5) is 0 Å². The molecule has 0 bridgehead atoms. The Morgan fingerprint density at radius 3 is 2.92 bits per heavy atom. The predicted octanol–water partition coefficient (Wildman–Crippen LogP) is 0.408. The summed E-state index contributed by atoms with van der Waals surface area (Å²) in [5, 5.41) is 8.86. The molecule has 1 rings (SSSR count). The third-order valence-corrected chi connectivity index (χ3v) is 1.67. The summed E-state index contributed by atoms with van der Waals surface area (Å²) in [6.07, 6.45) is 1.03. The smallest absolute Gasteiger partial charge is 0.226 e. The van der Waals surface area contributed by atoms with Crippen molar-refractivity contribution >= 4 is 0 Å². The maximum absolute atomic E-state index is 10.9. The van der Waals surface area contributed by atoms with Gasteiger partial charge in [0.25, 0.3) is 0 Å². The molecule has 1 unspecified atom stereocenters. The van der Waals surface area contributed by atoms with Crippen LogP contribution in [0.3, 0.4) is 0 Å². The molecule has 0 amide bonds. The fourth-order valence-electron chi connectivity index (χ4n) is 0.794. The monoisotopic (exact) mass is 169 g/mol. The Labute approximate surface area is 69.6 Å². The van der Waals surface area contributed by atoms with Crippen LogP contribution >= 0.6 is 0 Å². The second kappa shape index (κ2) is 3.40. The van der Waals surface area contributed by atoms with Gasteiger partial charge in [-0.2, -0.15) is 0 Å². The number of nitrogens with two attached hydrogens (primary N) is 1. The van der Waals surface area contributed by atoms with Gasteiger partial charge in [0.1, 0.15) is 12.0 Å². The molecule has 4 nitrogen and oxygen atoms in total. The summed E-state index contributed by atoms with van der Waals surface area (Å²) in [6.45, 7) is 2.25. The molecule has 0 aliphatic rings. The Morgan fingerprint density at radius 2 is 2.42 bits per heavy atom. The topological polar surface area (TPSA) is 76.5 Å². The maximum Gasteiger partial charge on any atom is 0.226 e. The van der Waals surface area contributed by atoms with Crippen molar-refractivity contribution in [3.8, 4) is 5.75 Å². The molecule has 0 radical (unpaired) electrons. The number of hydrogen-bond donors (Lipinski definition) is 2. The molecule has 0 aliphatic carbocycles. The first-order valence-corrected chi connectivity index (χ1v) is 3.67. The minimum Gasteiger partial charge on any atom is -0.502 e. The fourth-order valence-corrected chi connectivity index (χ4v) is 0.794. The second-order valence-electron chi connectivity index (χ2n) is 2.67. The van der Waals surface area contributed by atoms with Gasteiger partial charge in [-0.3, -0.25) is 4.79 Å². The fraction of sp³-hybridized carbons (Fsp3) is 0.375. The molecule has 0 saturated heterocycles. The molecule has 0 aromatic carbocycles. The van der Waals surface area contributed by atoms with E-state index in [1.54, 1.807) is 0 Å². The summed E-state index contributed by atoms with van der Waals surface area (Å²) in [5.41, 5.74) is 4.93. The lowest BCUT2D eigenvalue weighted by molar-refractivity contribution is 0.402. The molecule has 1 aromatic rings. The molecular weight excluding hydrogens is 158 g/mol. The van der Waals surface area contributed by atoms with Crippen molar-refractivity contribution in [1.82, 2.24) is 0 Å². The lowest BCUT2D eigenvalue weighted by Gasteiger charge is -2.05. The van der Waals surface area contributed by atoms with Crippen LogP contribution in [0.15, 0.2) is 21.5 Å². The minimum absolute atomic E-state index is 0.00157. The molecule has 1 aromatic heterocycles. The van der Waals surface area contributed by atoms with Crippen molar-refractivity contribution in [3.63, 3.8) is 0 Å². The van der Waals surface area contributed by atoms with E-state index < -0.39 is 5.43 Å². The molecular formula is C8H11NO3. The van der Waals surface area contributed by atoms with E-state index in [1.165, 1.54) is 6.07 Å². The summed E-state index contributed by atoms with van der Waals surface area (Å²) >= 11 is 0. The highest BCUT2D eigenvalue weighted by molar-refractivity contribution is 5.17. The Balaban J connectivity index is 3.05. The number of aromatic hydroxyl groups is 1. The summed E-state index contributed by atoms with van der Waals surface area (Å²) in [5.74, 6) is 0.126. The van der Waals surface area contributed by atoms with E-state index >= 15 is 0 Å². The van der Waals surface area contributed by atoms with Gasteiger partial charge in [-0.1, -0.05) is 6.92 Å². The molecule has 0 saturated carbocycles. The zero-order chi connectivity index (χ0) is 9.14. The summed E-state index contributed by atoms with van der Waals surface area (Å²) in [6, 6.07) is 1.26. The largest absolute Gasteiger partial charge is 0.502 e. The first-order chi connectivity index (χ1) is 5.65. The number of hydrogen-bond acceptors (Lipinski definition) is 4. The SMILES string of the molecule is CC(CN)c1cc(=O)c(O)co1. The molecule has 3 N–H and O–H groups in total. The van der Waals surface area contributed by atoms with Crippen molar-refractivity contribution in [3.05, 3.63) is 28.3 Å². The van der Waals surface area contributed by atoms with Gasteiger partial charge in [0.05, 0.1) is 0 Å². The number of rotatable bonds is 2. The van der Waals surface area contributed by atoms with Gasteiger partial charge in [-0.15, -0.1) is 0 Å². The third-order valence-electron chi connectivity index (χ3n) is 1.67. The summed E-state index contributed by atoms with van der Waals surface area (Å²) < 4.78 is 4.96. The van der Waals surface area contributed by atoms with Gasteiger partial charge in [0.15, 0.2) is 5.75 Å². The normalized spacial score (nSPS) is 12.8.